The van der Waals surface area contributed by atoms with Gasteiger partial charge >= 0.3 is 0 Å². The van der Waals surface area contributed by atoms with Gasteiger partial charge in [-0.25, -0.2) is 8.42 Å². The minimum absolute atomic E-state index is 0.0245. The van der Waals surface area contributed by atoms with Gasteiger partial charge in [-0.3, -0.25) is 25.3 Å². The van der Waals surface area contributed by atoms with E-state index in [2.05, 4.69) is 10.9 Å². The van der Waals surface area contributed by atoms with Crippen molar-refractivity contribution >= 4 is 33.0 Å². The standard InChI is InChI=1S/C22H27N3O4S2/c26-21(19-15-17-9-5-2-6-10-18(17)30-19)23-24-22(27)20(16-7-3-1-4-8-16)25-11-13-31(28,29)14-12-25/h1,3-4,7-8,15,20H,2,5-6,9-14H2,(H,23,26)(H,24,27). The molecule has 31 heavy (non-hydrogen) atoms. The van der Waals surface area contributed by atoms with Gasteiger partial charge in [0.25, 0.3) is 11.8 Å². The van der Waals surface area contributed by atoms with Crippen molar-refractivity contribution in [2.24, 2.45) is 0 Å². The Bertz CT molecular complexity index is 1010. The molecular weight excluding hydrogens is 434 g/mol. The normalized spacial score (nSPS) is 19.6. The van der Waals surface area contributed by atoms with Gasteiger partial charge in [-0.05, 0) is 42.9 Å². The molecule has 0 saturated carbocycles. The van der Waals surface area contributed by atoms with Crippen molar-refractivity contribution in [3.8, 4) is 0 Å². The number of aryl methyl sites for hydroxylation is 2. The molecule has 2 amide bonds. The topological polar surface area (TPSA) is 95.6 Å². The van der Waals surface area contributed by atoms with E-state index in [0.29, 0.717) is 4.88 Å². The molecule has 4 rings (SSSR count). The molecule has 2 N–H and O–H groups in total. The number of amides is 2. The first-order valence-corrected chi connectivity index (χ1v) is 13.3. The summed E-state index contributed by atoms with van der Waals surface area (Å²) in [6.45, 7) is 0.557. The number of rotatable bonds is 4. The fourth-order valence-electron chi connectivity index (χ4n) is 4.18. The van der Waals surface area contributed by atoms with Crippen LogP contribution in [-0.4, -0.2) is 49.7 Å². The number of hydrazine groups is 1. The molecule has 1 aromatic carbocycles. The third kappa shape index (κ3) is 5.34. The van der Waals surface area contributed by atoms with Gasteiger partial charge in [-0.15, -0.1) is 11.3 Å². The van der Waals surface area contributed by atoms with Crippen molar-refractivity contribution in [1.82, 2.24) is 15.8 Å². The van der Waals surface area contributed by atoms with Gasteiger partial charge in [-0.2, -0.15) is 0 Å². The summed E-state index contributed by atoms with van der Waals surface area (Å²) in [4.78, 5) is 29.5. The quantitative estimate of drug-likeness (QED) is 0.538. The SMILES string of the molecule is O=C(NNC(=O)C(c1ccccc1)N1CCS(=O)(=O)CC1)c1cc2c(s1)CCCCC2. The number of hydrogen-bond acceptors (Lipinski definition) is 6. The lowest BCUT2D eigenvalue weighted by Gasteiger charge is -2.33. The maximum absolute atomic E-state index is 13.1. The first-order chi connectivity index (χ1) is 14.9. The van der Waals surface area contributed by atoms with E-state index in [1.807, 2.05) is 41.3 Å². The predicted molar refractivity (Wildman–Crippen MR) is 121 cm³/mol. The Balaban J connectivity index is 1.44. The molecule has 0 spiro atoms. The van der Waals surface area contributed by atoms with Crippen LogP contribution >= 0.6 is 11.3 Å². The second-order valence-corrected chi connectivity index (χ2v) is 11.5. The smallest absolute Gasteiger partial charge is 0.279 e. The molecule has 9 heteroatoms. The zero-order valence-corrected chi connectivity index (χ0v) is 18.9. The number of sulfone groups is 1. The van der Waals surface area contributed by atoms with Gasteiger partial charge in [0, 0.05) is 18.0 Å². The van der Waals surface area contributed by atoms with Crippen LogP contribution in [-0.2, 0) is 27.5 Å². The molecule has 1 aliphatic carbocycles. The monoisotopic (exact) mass is 461 g/mol. The highest BCUT2D eigenvalue weighted by Gasteiger charge is 2.32. The molecule has 2 aliphatic rings. The molecule has 1 atom stereocenters. The molecule has 1 unspecified atom stereocenters. The highest BCUT2D eigenvalue weighted by Crippen LogP contribution is 2.29. The maximum atomic E-state index is 13.1. The van der Waals surface area contributed by atoms with Crippen LogP contribution in [0.15, 0.2) is 36.4 Å². The molecule has 1 fully saturated rings. The van der Waals surface area contributed by atoms with Crippen LogP contribution in [0.25, 0.3) is 0 Å². The highest BCUT2D eigenvalue weighted by molar-refractivity contribution is 7.91. The summed E-state index contributed by atoms with van der Waals surface area (Å²) in [7, 11) is -3.06. The molecule has 7 nitrogen and oxygen atoms in total. The van der Waals surface area contributed by atoms with E-state index in [0.717, 1.165) is 31.2 Å². The Kier molecular flexibility index (Phi) is 6.74. The zero-order chi connectivity index (χ0) is 21.8. The summed E-state index contributed by atoms with van der Waals surface area (Å²) in [6.07, 6.45) is 5.52. The Morgan fingerprint density at radius 3 is 2.42 bits per heavy atom. The molecular formula is C22H27N3O4S2. The zero-order valence-electron chi connectivity index (χ0n) is 17.3. The predicted octanol–water partition coefficient (Wildman–Crippen LogP) is 2.25. The summed E-state index contributed by atoms with van der Waals surface area (Å²) >= 11 is 1.50. The van der Waals surface area contributed by atoms with E-state index in [9.17, 15) is 18.0 Å². The number of benzene rings is 1. The van der Waals surface area contributed by atoms with E-state index in [-0.39, 0.29) is 36.4 Å². The summed E-state index contributed by atoms with van der Waals surface area (Å²) in [6, 6.07) is 10.5. The van der Waals surface area contributed by atoms with Crippen LogP contribution in [0.2, 0.25) is 0 Å². The van der Waals surface area contributed by atoms with Crippen LogP contribution in [0, 0.1) is 0 Å². The van der Waals surface area contributed by atoms with Gasteiger partial charge in [-0.1, -0.05) is 36.8 Å². The third-order valence-electron chi connectivity index (χ3n) is 5.88. The van der Waals surface area contributed by atoms with Crippen molar-refractivity contribution in [3.63, 3.8) is 0 Å². The van der Waals surface area contributed by atoms with E-state index in [1.54, 1.807) is 0 Å². The maximum Gasteiger partial charge on any atom is 0.279 e. The van der Waals surface area contributed by atoms with Gasteiger partial charge in [0.2, 0.25) is 0 Å². The van der Waals surface area contributed by atoms with Crippen LogP contribution in [0.4, 0.5) is 0 Å². The number of carbonyl (C=O) groups excluding carboxylic acids is 2. The van der Waals surface area contributed by atoms with Crippen molar-refractivity contribution in [2.45, 2.75) is 38.1 Å². The minimum atomic E-state index is -3.06. The number of fused-ring (bicyclic) bond motifs is 1. The van der Waals surface area contributed by atoms with E-state index >= 15 is 0 Å². The molecule has 0 radical (unpaired) electrons. The fraction of sp³-hybridized carbons (Fsp3) is 0.455. The van der Waals surface area contributed by atoms with E-state index in [1.165, 1.54) is 28.2 Å². The van der Waals surface area contributed by atoms with Crippen LogP contribution in [0.1, 0.15) is 51.0 Å². The average molecular weight is 462 g/mol. The van der Waals surface area contributed by atoms with Crippen molar-refractivity contribution < 1.29 is 18.0 Å². The second kappa shape index (κ2) is 9.50. The summed E-state index contributed by atoms with van der Waals surface area (Å²) in [5, 5.41) is 0. The Morgan fingerprint density at radius 1 is 0.968 bits per heavy atom. The number of nitrogens with zero attached hydrogens (tertiary/aromatic N) is 1. The molecule has 2 heterocycles. The van der Waals surface area contributed by atoms with Crippen molar-refractivity contribution in [1.29, 1.82) is 0 Å². The summed E-state index contributed by atoms with van der Waals surface area (Å²) < 4.78 is 23.6. The minimum Gasteiger partial charge on any atom is -0.286 e. The van der Waals surface area contributed by atoms with Crippen LogP contribution in [0.5, 0.6) is 0 Å². The Hall–Kier alpha value is -2.23. The lowest BCUT2D eigenvalue weighted by Crippen LogP contribution is -2.51. The van der Waals surface area contributed by atoms with Crippen LogP contribution < -0.4 is 10.9 Å². The van der Waals surface area contributed by atoms with Gasteiger partial charge in [0.05, 0.1) is 16.4 Å². The fourth-order valence-corrected chi connectivity index (χ4v) is 6.55. The lowest BCUT2D eigenvalue weighted by atomic mass is 10.0. The Labute approximate surface area is 186 Å². The van der Waals surface area contributed by atoms with Crippen molar-refractivity contribution in [3.05, 3.63) is 57.3 Å². The van der Waals surface area contributed by atoms with Gasteiger partial charge < -0.3 is 0 Å². The highest BCUT2D eigenvalue weighted by atomic mass is 32.2. The molecule has 1 saturated heterocycles. The van der Waals surface area contributed by atoms with E-state index < -0.39 is 15.9 Å². The van der Waals surface area contributed by atoms with Gasteiger partial charge in [0.15, 0.2) is 9.84 Å². The molecule has 1 aromatic heterocycles. The van der Waals surface area contributed by atoms with Crippen molar-refractivity contribution in [2.75, 3.05) is 24.6 Å². The Morgan fingerprint density at radius 2 is 1.68 bits per heavy atom. The van der Waals surface area contributed by atoms with Gasteiger partial charge in [0.1, 0.15) is 6.04 Å². The average Bonchev–Trinajstić information content (AvgIpc) is 3.04. The number of hydrogen-bond donors (Lipinski definition) is 2. The summed E-state index contributed by atoms with van der Waals surface area (Å²) in [5.74, 6) is -0.649. The second-order valence-electron chi connectivity index (χ2n) is 8.06. The third-order valence-corrected chi connectivity index (χ3v) is 8.72. The summed E-state index contributed by atoms with van der Waals surface area (Å²) in [5.41, 5.74) is 7.13. The molecule has 0 bridgehead atoms. The first kappa shape index (κ1) is 22.0. The molecule has 1 aliphatic heterocycles. The van der Waals surface area contributed by atoms with Crippen LogP contribution in [0.3, 0.4) is 0 Å². The number of nitrogens with one attached hydrogen (secondary N) is 2. The first-order valence-electron chi connectivity index (χ1n) is 10.6. The number of thiophene rings is 1. The largest absolute Gasteiger partial charge is 0.286 e. The number of carbonyl (C=O) groups is 2. The lowest BCUT2D eigenvalue weighted by molar-refractivity contribution is -0.127. The van der Waals surface area contributed by atoms with E-state index in [4.69, 9.17) is 0 Å². The molecule has 166 valence electrons. The molecule has 2 aromatic rings.